The molecule has 2 unspecified atom stereocenters. The van der Waals surface area contributed by atoms with Gasteiger partial charge < -0.3 is 14.6 Å². The molecular weight excluding hydrogens is 438 g/mol. The number of likely N-dealkylation sites (tertiary alicyclic amines) is 1. The molecule has 2 aliphatic rings. The monoisotopic (exact) mass is 463 g/mol. The lowest BCUT2D eigenvalue weighted by Gasteiger charge is -2.18. The molecule has 5 rings (SSSR count). The van der Waals surface area contributed by atoms with E-state index in [2.05, 4.69) is 17.2 Å². The van der Waals surface area contributed by atoms with Crippen LogP contribution in [0.3, 0.4) is 0 Å². The summed E-state index contributed by atoms with van der Waals surface area (Å²) in [6.45, 7) is 2.93. The van der Waals surface area contributed by atoms with Crippen LogP contribution in [0.1, 0.15) is 52.0 Å². The molecule has 7 nitrogen and oxygen atoms in total. The molecule has 1 aliphatic heterocycles. The van der Waals surface area contributed by atoms with Crippen LogP contribution in [0.5, 0.6) is 0 Å². The Morgan fingerprint density at radius 3 is 2.88 bits per heavy atom. The average Bonchev–Trinajstić information content (AvgIpc) is 3.53. The van der Waals surface area contributed by atoms with E-state index in [-0.39, 0.29) is 29.8 Å². The number of aromatic nitrogens is 1. The second-order valence-corrected chi connectivity index (χ2v) is 9.95. The number of furan rings is 1. The predicted octanol–water partition coefficient (Wildman–Crippen LogP) is 4.08. The van der Waals surface area contributed by atoms with Gasteiger partial charge in [-0.05, 0) is 55.0 Å². The number of carbonyl (C=O) groups is 3. The minimum Gasteiger partial charge on any atom is -0.461 e. The van der Waals surface area contributed by atoms with E-state index < -0.39 is 5.92 Å². The molecule has 1 fully saturated rings. The number of pyridine rings is 1. The SMILES string of the molecule is CC1CCc2c(sc(NC(=O)C3CC(=O)N(Cc4ccccn4)C3)c2C(=O)c2ccco2)C1. The largest absolute Gasteiger partial charge is 0.461 e. The number of nitrogens with one attached hydrogen (secondary N) is 1. The van der Waals surface area contributed by atoms with E-state index in [9.17, 15) is 14.4 Å². The highest BCUT2D eigenvalue weighted by molar-refractivity contribution is 7.17. The Labute approximate surface area is 195 Å². The first kappa shape index (κ1) is 21.6. The second-order valence-electron chi connectivity index (χ2n) is 8.85. The fourth-order valence-electron chi connectivity index (χ4n) is 4.61. The maximum atomic E-state index is 13.2. The third kappa shape index (κ3) is 4.35. The summed E-state index contributed by atoms with van der Waals surface area (Å²) in [5.41, 5.74) is 2.35. The molecule has 3 aromatic heterocycles. The molecule has 4 heterocycles. The van der Waals surface area contributed by atoms with Crippen LogP contribution in [0, 0.1) is 11.8 Å². The molecule has 33 heavy (non-hydrogen) atoms. The van der Waals surface area contributed by atoms with Crippen LogP contribution in [0.25, 0.3) is 0 Å². The van der Waals surface area contributed by atoms with Crippen molar-refractivity contribution in [3.8, 4) is 0 Å². The van der Waals surface area contributed by atoms with Gasteiger partial charge in [-0.3, -0.25) is 19.4 Å². The smallest absolute Gasteiger partial charge is 0.231 e. The van der Waals surface area contributed by atoms with Crippen molar-refractivity contribution in [3.05, 3.63) is 70.3 Å². The minimum absolute atomic E-state index is 0.0630. The molecule has 2 atom stereocenters. The normalized spacial score (nSPS) is 20.0. The highest BCUT2D eigenvalue weighted by Gasteiger charge is 2.36. The van der Waals surface area contributed by atoms with Crippen molar-refractivity contribution in [2.24, 2.45) is 11.8 Å². The van der Waals surface area contributed by atoms with Crippen molar-refractivity contribution in [2.45, 2.75) is 39.2 Å². The van der Waals surface area contributed by atoms with Gasteiger partial charge in [0.1, 0.15) is 5.00 Å². The van der Waals surface area contributed by atoms with Gasteiger partial charge >= 0.3 is 0 Å². The molecule has 170 valence electrons. The summed E-state index contributed by atoms with van der Waals surface area (Å²) in [7, 11) is 0. The van der Waals surface area contributed by atoms with Crippen LogP contribution >= 0.6 is 11.3 Å². The van der Waals surface area contributed by atoms with Crippen molar-refractivity contribution in [2.75, 3.05) is 11.9 Å². The summed E-state index contributed by atoms with van der Waals surface area (Å²) in [5, 5.41) is 3.56. The number of hydrogen-bond acceptors (Lipinski definition) is 6. The first-order chi connectivity index (χ1) is 16.0. The van der Waals surface area contributed by atoms with Crippen LogP contribution in [-0.4, -0.2) is 34.0 Å². The van der Waals surface area contributed by atoms with Crippen molar-refractivity contribution in [3.63, 3.8) is 0 Å². The van der Waals surface area contributed by atoms with E-state index in [1.54, 1.807) is 23.2 Å². The molecule has 1 saturated heterocycles. The summed E-state index contributed by atoms with van der Waals surface area (Å²) in [5.74, 6) is -0.160. The fraction of sp³-hybridized carbons (Fsp3) is 0.360. The second kappa shape index (κ2) is 8.94. The van der Waals surface area contributed by atoms with Crippen LogP contribution in [0.4, 0.5) is 5.00 Å². The zero-order chi connectivity index (χ0) is 22.9. The summed E-state index contributed by atoms with van der Waals surface area (Å²) < 4.78 is 5.36. The third-order valence-corrected chi connectivity index (χ3v) is 7.55. The Morgan fingerprint density at radius 1 is 1.24 bits per heavy atom. The average molecular weight is 464 g/mol. The van der Waals surface area contributed by atoms with Gasteiger partial charge in [0.05, 0.1) is 30.0 Å². The molecule has 8 heteroatoms. The Kier molecular flexibility index (Phi) is 5.85. The number of carbonyl (C=O) groups excluding carboxylic acids is 3. The summed E-state index contributed by atoms with van der Waals surface area (Å²) >= 11 is 1.48. The van der Waals surface area contributed by atoms with Gasteiger partial charge in [-0.25, -0.2) is 0 Å². The summed E-state index contributed by atoms with van der Waals surface area (Å²) in [4.78, 5) is 46.0. The number of hydrogen-bond donors (Lipinski definition) is 1. The zero-order valence-electron chi connectivity index (χ0n) is 18.4. The van der Waals surface area contributed by atoms with Crippen LogP contribution < -0.4 is 5.32 Å². The number of nitrogens with zero attached hydrogens (tertiary/aromatic N) is 2. The zero-order valence-corrected chi connectivity index (χ0v) is 19.2. The number of rotatable bonds is 6. The van der Waals surface area contributed by atoms with Gasteiger partial charge in [0, 0.05) is 24.0 Å². The molecule has 0 bridgehead atoms. The summed E-state index contributed by atoms with van der Waals surface area (Å²) in [6.07, 6.45) is 6.04. The van der Waals surface area contributed by atoms with E-state index >= 15 is 0 Å². The highest BCUT2D eigenvalue weighted by Crippen LogP contribution is 2.41. The van der Waals surface area contributed by atoms with Gasteiger partial charge in [-0.1, -0.05) is 13.0 Å². The first-order valence-electron chi connectivity index (χ1n) is 11.2. The predicted molar refractivity (Wildman–Crippen MR) is 124 cm³/mol. The van der Waals surface area contributed by atoms with Crippen LogP contribution in [0.15, 0.2) is 47.2 Å². The molecule has 0 saturated carbocycles. The van der Waals surface area contributed by atoms with E-state index in [0.29, 0.717) is 29.6 Å². The first-order valence-corrected chi connectivity index (χ1v) is 12.0. The topological polar surface area (TPSA) is 92.5 Å². The van der Waals surface area contributed by atoms with Crippen molar-refractivity contribution >= 4 is 33.9 Å². The summed E-state index contributed by atoms with van der Waals surface area (Å²) in [6, 6.07) is 8.91. The molecule has 0 aromatic carbocycles. The number of thiophene rings is 1. The van der Waals surface area contributed by atoms with Gasteiger partial charge in [0.25, 0.3) is 0 Å². The molecule has 2 amide bonds. The quantitative estimate of drug-likeness (QED) is 0.556. The van der Waals surface area contributed by atoms with E-state index in [1.807, 2.05) is 18.2 Å². The number of anilines is 1. The van der Waals surface area contributed by atoms with E-state index in [0.717, 1.165) is 35.4 Å². The van der Waals surface area contributed by atoms with Gasteiger partial charge in [-0.2, -0.15) is 0 Å². The van der Waals surface area contributed by atoms with Gasteiger partial charge in [0.2, 0.25) is 17.6 Å². The lowest BCUT2D eigenvalue weighted by molar-refractivity contribution is -0.128. The maximum absolute atomic E-state index is 13.2. The molecule has 1 N–H and O–H groups in total. The molecule has 1 aliphatic carbocycles. The standard InChI is InChI=1S/C25H25N3O4S/c1-15-7-8-18-20(11-15)33-25(22(18)23(30)19-6-4-10-32-19)27-24(31)16-12-21(29)28(13-16)14-17-5-2-3-9-26-17/h2-6,9-10,15-16H,7-8,11-14H2,1H3,(H,27,31). The molecule has 3 aromatic rings. The molecular formula is C25H25N3O4S. The highest BCUT2D eigenvalue weighted by atomic mass is 32.1. The lowest BCUT2D eigenvalue weighted by atomic mass is 9.87. The van der Waals surface area contributed by atoms with Crippen LogP contribution in [-0.2, 0) is 29.0 Å². The third-order valence-electron chi connectivity index (χ3n) is 6.38. The van der Waals surface area contributed by atoms with E-state index in [4.69, 9.17) is 4.42 Å². The van der Waals surface area contributed by atoms with Crippen molar-refractivity contribution < 1.29 is 18.8 Å². The Balaban J connectivity index is 1.36. The number of fused-ring (bicyclic) bond motifs is 1. The molecule has 0 radical (unpaired) electrons. The van der Waals surface area contributed by atoms with Crippen LogP contribution in [0.2, 0.25) is 0 Å². The minimum atomic E-state index is -0.467. The molecule has 0 spiro atoms. The number of amides is 2. The van der Waals surface area contributed by atoms with Gasteiger partial charge in [0.15, 0.2) is 5.76 Å². The fourth-order valence-corrected chi connectivity index (χ4v) is 6.02. The Morgan fingerprint density at radius 2 is 2.12 bits per heavy atom. The maximum Gasteiger partial charge on any atom is 0.231 e. The van der Waals surface area contributed by atoms with Crippen molar-refractivity contribution in [1.29, 1.82) is 0 Å². The Bertz CT molecular complexity index is 1190. The number of ketones is 1. The van der Waals surface area contributed by atoms with Crippen molar-refractivity contribution in [1.82, 2.24) is 9.88 Å². The Hall–Kier alpha value is -3.26. The lowest BCUT2D eigenvalue weighted by Crippen LogP contribution is -2.28. The van der Waals surface area contributed by atoms with Gasteiger partial charge in [-0.15, -0.1) is 11.3 Å². The van der Waals surface area contributed by atoms with E-state index in [1.165, 1.54) is 17.6 Å².